The van der Waals surface area contributed by atoms with Crippen molar-refractivity contribution in [2.75, 3.05) is 0 Å². The zero-order valence-electron chi connectivity index (χ0n) is 10.2. The van der Waals surface area contributed by atoms with Crippen LogP contribution in [0.2, 0.25) is 0 Å². The van der Waals surface area contributed by atoms with Crippen molar-refractivity contribution < 1.29 is 9.53 Å². The molecule has 0 radical (unpaired) electrons. The summed E-state index contributed by atoms with van der Waals surface area (Å²) in [6.07, 6.45) is 3.36. The monoisotopic (exact) mass is 233 g/mol. The van der Waals surface area contributed by atoms with Crippen molar-refractivity contribution in [1.82, 2.24) is 14.8 Å². The number of esters is 1. The number of carbonyl (C=O) groups is 1. The number of pyridine rings is 1. The number of rotatable bonds is 2. The first-order valence-electron chi connectivity index (χ1n) is 5.44. The van der Waals surface area contributed by atoms with Crippen LogP contribution in [0.15, 0.2) is 24.5 Å². The van der Waals surface area contributed by atoms with Gasteiger partial charge >= 0.3 is 5.97 Å². The molecule has 0 N–H and O–H groups in total. The van der Waals surface area contributed by atoms with Gasteiger partial charge in [0.25, 0.3) is 0 Å². The molecule has 0 aliphatic heterocycles. The molecule has 17 heavy (non-hydrogen) atoms. The predicted molar refractivity (Wildman–Crippen MR) is 63.4 cm³/mol. The molecule has 2 aromatic heterocycles. The third-order valence-corrected chi connectivity index (χ3v) is 2.10. The minimum absolute atomic E-state index is 0.0811. The van der Waals surface area contributed by atoms with Gasteiger partial charge < -0.3 is 4.74 Å². The lowest BCUT2D eigenvalue weighted by Gasteiger charge is -2.19. The topological polar surface area (TPSA) is 57.0 Å². The van der Waals surface area contributed by atoms with E-state index in [0.717, 1.165) is 5.39 Å². The molecule has 0 saturated carbocycles. The van der Waals surface area contributed by atoms with E-state index in [1.54, 1.807) is 17.1 Å². The third kappa shape index (κ3) is 2.81. The van der Waals surface area contributed by atoms with Crippen molar-refractivity contribution in [3.8, 4) is 0 Å². The molecule has 5 nitrogen and oxygen atoms in total. The highest BCUT2D eigenvalue weighted by Crippen LogP contribution is 2.11. The SMILES string of the molecule is CC(C)(C)OC(=O)Cn1ncc2cccnc21. The fourth-order valence-electron chi connectivity index (χ4n) is 1.52. The van der Waals surface area contributed by atoms with E-state index >= 15 is 0 Å². The summed E-state index contributed by atoms with van der Waals surface area (Å²) in [6.45, 7) is 5.59. The third-order valence-electron chi connectivity index (χ3n) is 2.10. The maximum absolute atomic E-state index is 11.7. The number of aromatic nitrogens is 3. The van der Waals surface area contributed by atoms with Crippen molar-refractivity contribution >= 4 is 17.0 Å². The zero-order valence-corrected chi connectivity index (χ0v) is 10.2. The summed E-state index contributed by atoms with van der Waals surface area (Å²) < 4.78 is 6.78. The lowest BCUT2D eigenvalue weighted by atomic mass is 10.2. The van der Waals surface area contributed by atoms with E-state index < -0.39 is 5.60 Å². The summed E-state index contributed by atoms with van der Waals surface area (Å²) >= 11 is 0. The highest BCUT2D eigenvalue weighted by molar-refractivity contribution is 5.77. The van der Waals surface area contributed by atoms with Gasteiger partial charge in [0.2, 0.25) is 0 Å². The molecule has 0 aromatic carbocycles. The largest absolute Gasteiger partial charge is 0.459 e. The van der Waals surface area contributed by atoms with Crippen molar-refractivity contribution in [3.63, 3.8) is 0 Å². The zero-order chi connectivity index (χ0) is 12.5. The Hall–Kier alpha value is -1.91. The first kappa shape index (κ1) is 11.6. The molecular weight excluding hydrogens is 218 g/mol. The second-order valence-electron chi connectivity index (χ2n) is 4.80. The second kappa shape index (κ2) is 4.16. The van der Waals surface area contributed by atoms with Gasteiger partial charge in [0.05, 0.1) is 6.20 Å². The molecule has 0 aliphatic carbocycles. The van der Waals surface area contributed by atoms with Gasteiger partial charge in [0.1, 0.15) is 12.1 Å². The quantitative estimate of drug-likeness (QED) is 0.742. The Kier molecular flexibility index (Phi) is 2.83. The van der Waals surface area contributed by atoms with Crippen LogP contribution in [0.5, 0.6) is 0 Å². The van der Waals surface area contributed by atoms with Crippen LogP contribution in [0.25, 0.3) is 11.0 Å². The highest BCUT2D eigenvalue weighted by Gasteiger charge is 2.17. The number of nitrogens with zero attached hydrogens (tertiary/aromatic N) is 3. The Balaban J connectivity index is 2.16. The van der Waals surface area contributed by atoms with Crippen LogP contribution in [-0.4, -0.2) is 26.3 Å². The Bertz CT molecular complexity index is 540. The van der Waals surface area contributed by atoms with Gasteiger partial charge in [-0.15, -0.1) is 0 Å². The van der Waals surface area contributed by atoms with E-state index in [4.69, 9.17) is 4.74 Å². The number of hydrogen-bond acceptors (Lipinski definition) is 4. The molecule has 0 bridgehead atoms. The number of hydrogen-bond donors (Lipinski definition) is 0. The van der Waals surface area contributed by atoms with Gasteiger partial charge in [-0.3, -0.25) is 4.79 Å². The number of ether oxygens (including phenoxy) is 1. The fraction of sp³-hybridized carbons (Fsp3) is 0.417. The van der Waals surface area contributed by atoms with Crippen LogP contribution in [0.4, 0.5) is 0 Å². The van der Waals surface area contributed by atoms with Crippen molar-refractivity contribution in [1.29, 1.82) is 0 Å². The first-order chi connectivity index (χ1) is 7.96. The minimum Gasteiger partial charge on any atom is -0.459 e. The number of fused-ring (bicyclic) bond motifs is 1. The van der Waals surface area contributed by atoms with Gasteiger partial charge in [-0.2, -0.15) is 5.10 Å². The standard InChI is InChI=1S/C12H15N3O2/c1-12(2,3)17-10(16)8-15-11-9(7-14-15)5-4-6-13-11/h4-7H,8H2,1-3H3. The Morgan fingerprint density at radius 1 is 1.47 bits per heavy atom. The molecule has 0 fully saturated rings. The van der Waals surface area contributed by atoms with Gasteiger partial charge in [-0.1, -0.05) is 0 Å². The summed E-state index contributed by atoms with van der Waals surface area (Å²) in [5, 5.41) is 5.03. The van der Waals surface area contributed by atoms with Gasteiger partial charge in [0.15, 0.2) is 5.65 Å². The summed E-state index contributed by atoms with van der Waals surface area (Å²) in [4.78, 5) is 15.8. The predicted octanol–water partition coefficient (Wildman–Crippen LogP) is 1.77. The molecule has 2 heterocycles. The summed E-state index contributed by atoms with van der Waals surface area (Å²) in [6, 6.07) is 3.74. The molecule has 0 aliphatic rings. The molecular formula is C12H15N3O2. The van der Waals surface area contributed by atoms with Crippen LogP contribution in [0.1, 0.15) is 20.8 Å². The molecule has 0 amide bonds. The Morgan fingerprint density at radius 3 is 2.94 bits per heavy atom. The maximum atomic E-state index is 11.7. The van der Waals surface area contributed by atoms with E-state index in [1.807, 2.05) is 32.9 Å². The maximum Gasteiger partial charge on any atom is 0.328 e. The fourth-order valence-corrected chi connectivity index (χ4v) is 1.52. The van der Waals surface area contributed by atoms with E-state index in [1.165, 1.54) is 0 Å². The van der Waals surface area contributed by atoms with Crippen LogP contribution >= 0.6 is 0 Å². The van der Waals surface area contributed by atoms with Gasteiger partial charge in [-0.05, 0) is 32.9 Å². The molecule has 2 rings (SSSR count). The lowest BCUT2D eigenvalue weighted by molar-refractivity contribution is -0.155. The summed E-state index contributed by atoms with van der Waals surface area (Å²) in [5.74, 6) is -0.312. The molecule has 2 aromatic rings. The summed E-state index contributed by atoms with van der Waals surface area (Å²) in [7, 11) is 0. The molecule has 0 spiro atoms. The van der Waals surface area contributed by atoms with Crippen LogP contribution < -0.4 is 0 Å². The van der Waals surface area contributed by atoms with Crippen LogP contribution in [0, 0.1) is 0 Å². The van der Waals surface area contributed by atoms with Crippen molar-refractivity contribution in [2.24, 2.45) is 0 Å². The Labute approximate surface area is 99.4 Å². The van der Waals surface area contributed by atoms with E-state index in [2.05, 4.69) is 10.1 Å². The van der Waals surface area contributed by atoms with E-state index in [9.17, 15) is 4.79 Å². The molecule has 0 unspecified atom stereocenters. The second-order valence-corrected chi connectivity index (χ2v) is 4.80. The normalized spacial score (nSPS) is 11.7. The van der Waals surface area contributed by atoms with Gasteiger partial charge in [0, 0.05) is 11.6 Å². The Morgan fingerprint density at radius 2 is 2.24 bits per heavy atom. The molecule has 5 heteroatoms. The van der Waals surface area contributed by atoms with E-state index in [0.29, 0.717) is 5.65 Å². The lowest BCUT2D eigenvalue weighted by Crippen LogP contribution is -2.26. The van der Waals surface area contributed by atoms with Crippen molar-refractivity contribution in [2.45, 2.75) is 32.9 Å². The number of carbonyl (C=O) groups excluding carboxylic acids is 1. The van der Waals surface area contributed by atoms with Gasteiger partial charge in [-0.25, -0.2) is 9.67 Å². The minimum atomic E-state index is -0.479. The van der Waals surface area contributed by atoms with E-state index in [-0.39, 0.29) is 12.5 Å². The molecule has 0 atom stereocenters. The smallest absolute Gasteiger partial charge is 0.328 e. The van der Waals surface area contributed by atoms with Crippen LogP contribution in [0.3, 0.4) is 0 Å². The average Bonchev–Trinajstić information content (AvgIpc) is 2.59. The van der Waals surface area contributed by atoms with Crippen molar-refractivity contribution in [3.05, 3.63) is 24.5 Å². The average molecular weight is 233 g/mol. The molecule has 0 saturated heterocycles. The highest BCUT2D eigenvalue weighted by atomic mass is 16.6. The first-order valence-corrected chi connectivity index (χ1v) is 5.44. The molecule has 90 valence electrons. The summed E-state index contributed by atoms with van der Waals surface area (Å²) in [5.41, 5.74) is 0.214. The van der Waals surface area contributed by atoms with Crippen LogP contribution in [-0.2, 0) is 16.1 Å².